The minimum atomic E-state index is -0.263. The lowest BCUT2D eigenvalue weighted by atomic mass is 10.2. The van der Waals surface area contributed by atoms with Gasteiger partial charge in [0.25, 0.3) is 0 Å². The fourth-order valence-electron chi connectivity index (χ4n) is 2.25. The fourth-order valence-corrected chi connectivity index (χ4v) is 2.25. The number of hydrogen-bond donors (Lipinski definition) is 2. The van der Waals surface area contributed by atoms with Crippen molar-refractivity contribution in [3.8, 4) is 11.3 Å². The molecule has 0 bridgehead atoms. The van der Waals surface area contributed by atoms with Crippen LogP contribution in [-0.4, -0.2) is 16.6 Å². The van der Waals surface area contributed by atoms with E-state index in [1.807, 2.05) is 66.9 Å². The molecule has 3 N–H and O–H groups in total. The Morgan fingerprint density at radius 1 is 1.00 bits per heavy atom. The molecule has 112 valence electrons. The van der Waals surface area contributed by atoms with Gasteiger partial charge < -0.3 is 15.5 Å². The molecular weight excluding hydrogens is 274 g/mol. The highest BCUT2D eigenvalue weighted by Gasteiger charge is 2.11. The summed E-state index contributed by atoms with van der Waals surface area (Å²) in [5.74, 6) is 0.743. The van der Waals surface area contributed by atoms with Crippen molar-refractivity contribution in [1.82, 2.24) is 9.97 Å². The molecule has 0 amide bonds. The highest BCUT2D eigenvalue weighted by atomic mass is 16.5. The van der Waals surface area contributed by atoms with E-state index in [2.05, 4.69) is 9.97 Å². The van der Waals surface area contributed by atoms with E-state index >= 15 is 0 Å². The Bertz CT molecular complexity index is 695. The molecule has 1 heterocycles. The summed E-state index contributed by atoms with van der Waals surface area (Å²) in [6.07, 6.45) is 1.81. The van der Waals surface area contributed by atoms with Crippen LogP contribution >= 0.6 is 0 Å². The lowest BCUT2D eigenvalue weighted by Gasteiger charge is -2.10. The third-order valence-corrected chi connectivity index (χ3v) is 3.44. The average molecular weight is 293 g/mol. The minimum absolute atomic E-state index is 0.263. The molecule has 0 aliphatic heterocycles. The fraction of sp³-hybridized carbons (Fsp3) is 0.167. The highest BCUT2D eigenvalue weighted by Crippen LogP contribution is 2.18. The first-order valence-corrected chi connectivity index (χ1v) is 7.30. The lowest BCUT2D eigenvalue weighted by molar-refractivity contribution is 0.106. The minimum Gasteiger partial charge on any atom is -0.375 e. The van der Waals surface area contributed by atoms with Crippen molar-refractivity contribution < 1.29 is 4.74 Å². The van der Waals surface area contributed by atoms with E-state index in [0.29, 0.717) is 13.2 Å². The number of aromatic nitrogens is 2. The van der Waals surface area contributed by atoms with Crippen molar-refractivity contribution in [2.24, 2.45) is 5.73 Å². The van der Waals surface area contributed by atoms with E-state index in [9.17, 15) is 0 Å². The molecule has 0 aliphatic carbocycles. The molecular formula is C18H19N3O. The van der Waals surface area contributed by atoms with Gasteiger partial charge in [0.05, 0.1) is 31.1 Å². The quantitative estimate of drug-likeness (QED) is 0.733. The van der Waals surface area contributed by atoms with E-state index in [4.69, 9.17) is 10.5 Å². The third-order valence-electron chi connectivity index (χ3n) is 3.44. The van der Waals surface area contributed by atoms with Crippen molar-refractivity contribution in [2.45, 2.75) is 12.6 Å². The maximum atomic E-state index is 6.13. The van der Waals surface area contributed by atoms with E-state index in [1.54, 1.807) is 0 Å². The van der Waals surface area contributed by atoms with Gasteiger partial charge in [0, 0.05) is 0 Å². The number of nitrogens with one attached hydrogen (secondary N) is 1. The smallest absolute Gasteiger partial charge is 0.125 e. The zero-order valence-corrected chi connectivity index (χ0v) is 12.3. The summed E-state index contributed by atoms with van der Waals surface area (Å²) < 4.78 is 5.67. The molecule has 1 unspecified atom stereocenters. The summed E-state index contributed by atoms with van der Waals surface area (Å²) in [5.41, 5.74) is 9.33. The maximum Gasteiger partial charge on any atom is 0.125 e. The summed E-state index contributed by atoms with van der Waals surface area (Å²) in [5, 5.41) is 0. The van der Waals surface area contributed by atoms with Crippen LogP contribution in [0, 0.1) is 0 Å². The summed E-state index contributed by atoms with van der Waals surface area (Å²) in [7, 11) is 0. The predicted molar refractivity (Wildman–Crippen MR) is 87.1 cm³/mol. The van der Waals surface area contributed by atoms with Crippen molar-refractivity contribution in [2.75, 3.05) is 6.61 Å². The molecule has 1 aromatic heterocycles. The SMILES string of the molecule is NC(COCc1ccccc1)c1ncc(-c2ccccc2)[nH]1. The van der Waals surface area contributed by atoms with E-state index in [1.165, 1.54) is 0 Å². The van der Waals surface area contributed by atoms with Crippen LogP contribution in [0.2, 0.25) is 0 Å². The van der Waals surface area contributed by atoms with Gasteiger partial charge in [-0.25, -0.2) is 4.98 Å². The number of ether oxygens (including phenoxy) is 1. The Balaban J connectivity index is 1.57. The van der Waals surface area contributed by atoms with Crippen LogP contribution in [0.1, 0.15) is 17.4 Å². The topological polar surface area (TPSA) is 63.9 Å². The van der Waals surface area contributed by atoms with Crippen LogP contribution < -0.4 is 5.73 Å². The highest BCUT2D eigenvalue weighted by molar-refractivity contribution is 5.58. The molecule has 0 fully saturated rings. The Kier molecular flexibility index (Phi) is 4.63. The second-order valence-corrected chi connectivity index (χ2v) is 5.16. The Morgan fingerprint density at radius 3 is 2.41 bits per heavy atom. The zero-order chi connectivity index (χ0) is 15.2. The summed E-state index contributed by atoms with van der Waals surface area (Å²) in [6, 6.07) is 19.8. The molecule has 0 radical (unpaired) electrons. The van der Waals surface area contributed by atoms with E-state index in [-0.39, 0.29) is 6.04 Å². The van der Waals surface area contributed by atoms with Crippen LogP contribution in [0.15, 0.2) is 66.9 Å². The Hall–Kier alpha value is -2.43. The molecule has 3 aromatic rings. The van der Waals surface area contributed by atoms with Gasteiger partial charge in [0.15, 0.2) is 0 Å². The number of nitrogens with two attached hydrogens (primary N) is 1. The van der Waals surface area contributed by atoms with Crippen molar-refractivity contribution in [1.29, 1.82) is 0 Å². The van der Waals surface area contributed by atoms with Crippen LogP contribution in [0.4, 0.5) is 0 Å². The van der Waals surface area contributed by atoms with Gasteiger partial charge in [-0.05, 0) is 11.1 Å². The summed E-state index contributed by atoms with van der Waals surface area (Å²) >= 11 is 0. The molecule has 0 spiro atoms. The van der Waals surface area contributed by atoms with Gasteiger partial charge in [-0.1, -0.05) is 60.7 Å². The maximum absolute atomic E-state index is 6.13. The predicted octanol–water partition coefficient (Wildman–Crippen LogP) is 3.29. The first-order valence-electron chi connectivity index (χ1n) is 7.30. The molecule has 22 heavy (non-hydrogen) atoms. The van der Waals surface area contributed by atoms with Gasteiger partial charge in [0.2, 0.25) is 0 Å². The molecule has 2 aromatic carbocycles. The van der Waals surface area contributed by atoms with Crippen LogP contribution in [0.5, 0.6) is 0 Å². The van der Waals surface area contributed by atoms with Gasteiger partial charge in [-0.2, -0.15) is 0 Å². The standard InChI is InChI=1S/C18H19N3O/c19-16(13-22-12-14-7-3-1-4-8-14)18-20-11-17(21-18)15-9-5-2-6-10-15/h1-11,16H,12-13,19H2,(H,20,21). The van der Waals surface area contributed by atoms with Crippen LogP contribution in [0.3, 0.4) is 0 Å². The molecule has 0 saturated carbocycles. The normalized spacial score (nSPS) is 12.2. The van der Waals surface area contributed by atoms with Crippen molar-refractivity contribution in [3.63, 3.8) is 0 Å². The Labute approximate surface area is 130 Å². The second-order valence-electron chi connectivity index (χ2n) is 5.16. The lowest BCUT2D eigenvalue weighted by Crippen LogP contribution is -2.18. The van der Waals surface area contributed by atoms with E-state index < -0.39 is 0 Å². The van der Waals surface area contributed by atoms with Gasteiger partial charge in [0.1, 0.15) is 5.82 Å². The summed E-state index contributed by atoms with van der Waals surface area (Å²) in [6.45, 7) is 0.984. The van der Waals surface area contributed by atoms with Gasteiger partial charge in [-0.15, -0.1) is 0 Å². The monoisotopic (exact) mass is 293 g/mol. The third kappa shape index (κ3) is 3.61. The first kappa shape index (κ1) is 14.5. The molecule has 4 nitrogen and oxygen atoms in total. The number of hydrogen-bond acceptors (Lipinski definition) is 3. The number of H-pyrrole nitrogens is 1. The number of nitrogens with zero attached hydrogens (tertiary/aromatic N) is 1. The van der Waals surface area contributed by atoms with Crippen LogP contribution in [0.25, 0.3) is 11.3 Å². The summed E-state index contributed by atoms with van der Waals surface area (Å²) in [4.78, 5) is 7.62. The molecule has 0 saturated heterocycles. The molecule has 0 aliphatic rings. The first-order chi connectivity index (χ1) is 10.8. The van der Waals surface area contributed by atoms with Gasteiger partial charge in [-0.3, -0.25) is 0 Å². The van der Waals surface area contributed by atoms with E-state index in [0.717, 1.165) is 22.6 Å². The average Bonchev–Trinajstić information content (AvgIpc) is 3.07. The van der Waals surface area contributed by atoms with Crippen LogP contribution in [-0.2, 0) is 11.3 Å². The number of benzene rings is 2. The molecule has 3 rings (SSSR count). The number of imidazole rings is 1. The van der Waals surface area contributed by atoms with Crippen molar-refractivity contribution >= 4 is 0 Å². The number of rotatable bonds is 6. The number of aromatic amines is 1. The molecule has 1 atom stereocenters. The zero-order valence-electron chi connectivity index (χ0n) is 12.3. The van der Waals surface area contributed by atoms with Gasteiger partial charge >= 0.3 is 0 Å². The van der Waals surface area contributed by atoms with Crippen molar-refractivity contribution in [3.05, 3.63) is 78.2 Å². The largest absolute Gasteiger partial charge is 0.375 e. The molecule has 4 heteroatoms. The second kappa shape index (κ2) is 7.02. The Morgan fingerprint density at radius 2 is 1.68 bits per heavy atom.